The van der Waals surface area contributed by atoms with Crippen LogP contribution in [-0.4, -0.2) is 21.2 Å². The fourth-order valence-electron chi connectivity index (χ4n) is 2.66. The van der Waals surface area contributed by atoms with Gasteiger partial charge in [-0.3, -0.25) is 14.8 Å². The van der Waals surface area contributed by atoms with Crippen molar-refractivity contribution in [1.82, 2.24) is 9.78 Å². The monoisotopic (exact) mass is 224 g/mol. The summed E-state index contributed by atoms with van der Waals surface area (Å²) in [6.07, 6.45) is 5.21. The molecule has 6 heteroatoms. The highest BCUT2D eigenvalue weighted by Gasteiger charge is 2.44. The van der Waals surface area contributed by atoms with E-state index in [0.717, 1.165) is 31.4 Å². The second-order valence-corrected chi connectivity index (χ2v) is 4.43. The molecule has 0 aromatic carbocycles. The van der Waals surface area contributed by atoms with Gasteiger partial charge in [0.1, 0.15) is 11.9 Å². The van der Waals surface area contributed by atoms with Crippen molar-refractivity contribution < 1.29 is 4.92 Å². The van der Waals surface area contributed by atoms with E-state index in [1.54, 1.807) is 11.7 Å². The highest BCUT2D eigenvalue weighted by molar-refractivity contribution is 5.40. The summed E-state index contributed by atoms with van der Waals surface area (Å²) < 4.78 is 1.63. The lowest BCUT2D eigenvalue weighted by molar-refractivity contribution is -0.386. The highest BCUT2D eigenvalue weighted by Crippen LogP contribution is 2.48. The Labute approximate surface area is 93.6 Å². The fraction of sp³-hybridized carbons (Fsp3) is 0.700. The molecule has 0 aliphatic heterocycles. The smallest absolute Gasteiger partial charge is 0.310 e. The molecule has 0 radical (unpaired) electrons. The minimum Gasteiger partial charge on any atom is -0.330 e. The van der Waals surface area contributed by atoms with Crippen molar-refractivity contribution in [2.45, 2.75) is 31.1 Å². The van der Waals surface area contributed by atoms with E-state index in [1.807, 2.05) is 0 Å². The van der Waals surface area contributed by atoms with Gasteiger partial charge in [0.15, 0.2) is 0 Å². The Morgan fingerprint density at radius 1 is 1.69 bits per heavy atom. The van der Waals surface area contributed by atoms with Gasteiger partial charge in [0.25, 0.3) is 0 Å². The van der Waals surface area contributed by atoms with Gasteiger partial charge < -0.3 is 5.73 Å². The average Bonchev–Trinajstić information content (AvgIpc) is 2.54. The fourth-order valence-corrected chi connectivity index (χ4v) is 2.66. The van der Waals surface area contributed by atoms with Crippen molar-refractivity contribution in [2.75, 3.05) is 6.54 Å². The van der Waals surface area contributed by atoms with Gasteiger partial charge in [0, 0.05) is 12.5 Å². The van der Waals surface area contributed by atoms with Crippen LogP contribution in [0, 0.1) is 10.1 Å². The van der Waals surface area contributed by atoms with Crippen LogP contribution >= 0.6 is 0 Å². The summed E-state index contributed by atoms with van der Waals surface area (Å²) in [6.45, 7) is 0.558. The van der Waals surface area contributed by atoms with E-state index in [2.05, 4.69) is 5.10 Å². The Kier molecular flexibility index (Phi) is 2.67. The van der Waals surface area contributed by atoms with Gasteiger partial charge in [-0.2, -0.15) is 5.10 Å². The molecule has 16 heavy (non-hydrogen) atoms. The lowest BCUT2D eigenvalue weighted by Crippen LogP contribution is -2.38. The topological polar surface area (TPSA) is 87.0 Å². The highest BCUT2D eigenvalue weighted by atomic mass is 16.6. The first-order chi connectivity index (χ1) is 7.60. The van der Waals surface area contributed by atoms with Crippen LogP contribution < -0.4 is 5.73 Å². The molecule has 6 nitrogen and oxygen atoms in total. The average molecular weight is 224 g/mol. The van der Waals surface area contributed by atoms with E-state index in [4.69, 9.17) is 5.73 Å². The van der Waals surface area contributed by atoms with Gasteiger partial charge in [-0.05, 0) is 25.8 Å². The zero-order chi connectivity index (χ0) is 11.8. The molecule has 2 N–H and O–H groups in total. The molecule has 88 valence electrons. The standard InChI is InChI=1S/C10H16N4O2/c1-13-9(8(7-12-13)14(15)16)10(5-6-11)3-2-4-10/h7H,2-6,11H2,1H3. The lowest BCUT2D eigenvalue weighted by atomic mass is 9.64. The second kappa shape index (κ2) is 3.86. The van der Waals surface area contributed by atoms with Crippen LogP contribution in [0.1, 0.15) is 31.4 Å². The van der Waals surface area contributed by atoms with E-state index in [-0.39, 0.29) is 16.0 Å². The third-order valence-corrected chi connectivity index (χ3v) is 3.55. The predicted molar refractivity (Wildman–Crippen MR) is 59.1 cm³/mol. The Balaban J connectivity index is 2.44. The molecule has 1 heterocycles. The maximum Gasteiger partial charge on any atom is 0.310 e. The normalized spacial score (nSPS) is 18.1. The maximum absolute atomic E-state index is 10.9. The van der Waals surface area contributed by atoms with Crippen LogP contribution in [0.5, 0.6) is 0 Å². The van der Waals surface area contributed by atoms with E-state index < -0.39 is 0 Å². The van der Waals surface area contributed by atoms with E-state index in [1.165, 1.54) is 6.20 Å². The molecule has 1 aliphatic rings. The van der Waals surface area contributed by atoms with Gasteiger partial charge in [-0.1, -0.05) is 6.42 Å². The van der Waals surface area contributed by atoms with Crippen molar-refractivity contribution in [3.05, 3.63) is 22.0 Å². The van der Waals surface area contributed by atoms with Gasteiger partial charge >= 0.3 is 5.69 Å². The third kappa shape index (κ3) is 1.49. The van der Waals surface area contributed by atoms with Gasteiger partial charge in [0.2, 0.25) is 0 Å². The summed E-state index contributed by atoms with van der Waals surface area (Å²) >= 11 is 0. The summed E-state index contributed by atoms with van der Waals surface area (Å²) in [5, 5.41) is 14.9. The van der Waals surface area contributed by atoms with Crippen LogP contribution in [0.4, 0.5) is 5.69 Å². The molecule has 1 saturated carbocycles. The molecule has 0 saturated heterocycles. The molecule has 0 amide bonds. The Bertz CT molecular complexity index is 409. The number of hydrogen-bond acceptors (Lipinski definition) is 4. The van der Waals surface area contributed by atoms with Crippen molar-refractivity contribution in [1.29, 1.82) is 0 Å². The van der Waals surface area contributed by atoms with E-state index in [0.29, 0.717) is 6.54 Å². The maximum atomic E-state index is 10.9. The van der Waals surface area contributed by atoms with Gasteiger partial charge in [-0.25, -0.2) is 0 Å². The number of rotatable bonds is 4. The van der Waals surface area contributed by atoms with Crippen molar-refractivity contribution in [3.8, 4) is 0 Å². The van der Waals surface area contributed by atoms with Crippen LogP contribution in [-0.2, 0) is 12.5 Å². The molecule has 1 aromatic rings. The molecule has 0 spiro atoms. The number of aryl methyl sites for hydroxylation is 1. The second-order valence-electron chi connectivity index (χ2n) is 4.43. The van der Waals surface area contributed by atoms with Gasteiger partial charge in [0.05, 0.1) is 4.92 Å². The number of nitro groups is 1. The first-order valence-electron chi connectivity index (χ1n) is 5.48. The molecule has 0 unspecified atom stereocenters. The van der Waals surface area contributed by atoms with Crippen molar-refractivity contribution >= 4 is 5.69 Å². The molecule has 1 aliphatic carbocycles. The molecular weight excluding hydrogens is 208 g/mol. The lowest BCUT2D eigenvalue weighted by Gasteiger charge is -2.41. The molecule has 1 aromatic heterocycles. The Hall–Kier alpha value is -1.43. The van der Waals surface area contributed by atoms with Crippen LogP contribution in [0.25, 0.3) is 0 Å². The molecule has 2 rings (SSSR count). The number of hydrogen-bond donors (Lipinski definition) is 1. The van der Waals surface area contributed by atoms with Crippen LogP contribution in [0.2, 0.25) is 0 Å². The largest absolute Gasteiger partial charge is 0.330 e. The van der Waals surface area contributed by atoms with Crippen LogP contribution in [0.3, 0.4) is 0 Å². The van der Waals surface area contributed by atoms with Gasteiger partial charge in [-0.15, -0.1) is 0 Å². The number of nitrogens with zero attached hydrogens (tertiary/aromatic N) is 3. The third-order valence-electron chi connectivity index (χ3n) is 3.55. The van der Waals surface area contributed by atoms with Crippen molar-refractivity contribution in [3.63, 3.8) is 0 Å². The Morgan fingerprint density at radius 2 is 2.38 bits per heavy atom. The summed E-state index contributed by atoms with van der Waals surface area (Å²) in [4.78, 5) is 10.6. The number of nitrogens with two attached hydrogens (primary N) is 1. The zero-order valence-electron chi connectivity index (χ0n) is 9.35. The first kappa shape index (κ1) is 11.1. The molecular formula is C10H16N4O2. The molecule has 0 atom stereocenters. The van der Waals surface area contributed by atoms with Crippen molar-refractivity contribution in [2.24, 2.45) is 12.8 Å². The SMILES string of the molecule is Cn1ncc([N+](=O)[O-])c1C1(CCN)CCC1. The number of aromatic nitrogens is 2. The minimum absolute atomic E-state index is 0.109. The summed E-state index contributed by atoms with van der Waals surface area (Å²) in [5.74, 6) is 0. The van der Waals surface area contributed by atoms with E-state index >= 15 is 0 Å². The first-order valence-corrected chi connectivity index (χ1v) is 5.48. The molecule has 0 bridgehead atoms. The Morgan fingerprint density at radius 3 is 2.81 bits per heavy atom. The predicted octanol–water partition coefficient (Wildman–Crippen LogP) is 1.10. The quantitative estimate of drug-likeness (QED) is 0.612. The summed E-state index contributed by atoms with van der Waals surface area (Å²) in [5.41, 5.74) is 6.38. The summed E-state index contributed by atoms with van der Waals surface area (Å²) in [7, 11) is 1.76. The summed E-state index contributed by atoms with van der Waals surface area (Å²) in [6, 6.07) is 0. The van der Waals surface area contributed by atoms with Crippen LogP contribution in [0.15, 0.2) is 6.20 Å². The van der Waals surface area contributed by atoms with E-state index in [9.17, 15) is 10.1 Å². The molecule has 1 fully saturated rings. The zero-order valence-corrected chi connectivity index (χ0v) is 9.35. The minimum atomic E-state index is -0.348.